The quantitative estimate of drug-likeness (QED) is 0.802. The maximum Gasteiger partial charge on any atom is 0.266 e. The van der Waals surface area contributed by atoms with Gasteiger partial charge in [-0.3, -0.25) is 14.7 Å². The average molecular weight is 323 g/mol. The smallest absolute Gasteiger partial charge is 0.266 e. The van der Waals surface area contributed by atoms with E-state index in [-0.39, 0.29) is 5.91 Å². The van der Waals surface area contributed by atoms with Crippen molar-refractivity contribution in [3.05, 3.63) is 64.8 Å². The fourth-order valence-corrected chi connectivity index (χ4v) is 3.37. The topological polar surface area (TPSA) is 45.6 Å². The Balaban J connectivity index is 1.93. The number of amides is 1. The normalized spacial score (nSPS) is 18.2. The number of carbonyl (C=O) groups excluding carboxylic acids is 1. The molecule has 3 rings (SSSR count). The lowest BCUT2D eigenvalue weighted by atomic mass is 10.1. The molecule has 0 aliphatic carbocycles. The van der Waals surface area contributed by atoms with Crippen molar-refractivity contribution in [2.24, 2.45) is 4.99 Å². The second-order valence-corrected chi connectivity index (χ2v) is 6.19. The van der Waals surface area contributed by atoms with Gasteiger partial charge in [0.25, 0.3) is 5.91 Å². The molecule has 0 spiro atoms. The number of benzene rings is 1. The summed E-state index contributed by atoms with van der Waals surface area (Å²) in [5, 5.41) is 0.699. The molecule has 1 aromatic carbocycles. The number of amidine groups is 1. The van der Waals surface area contributed by atoms with Gasteiger partial charge in [-0.2, -0.15) is 0 Å². The minimum absolute atomic E-state index is 0.00152. The number of pyridine rings is 1. The van der Waals surface area contributed by atoms with Crippen molar-refractivity contribution in [2.45, 2.75) is 13.8 Å². The van der Waals surface area contributed by atoms with Gasteiger partial charge in [-0.25, -0.2) is 4.99 Å². The second kappa shape index (κ2) is 6.79. The number of nitrogens with zero attached hydrogens (tertiary/aromatic N) is 3. The highest BCUT2D eigenvalue weighted by molar-refractivity contribution is 8.18. The average Bonchev–Trinajstić information content (AvgIpc) is 2.83. The van der Waals surface area contributed by atoms with E-state index in [2.05, 4.69) is 16.0 Å². The molecule has 2 aromatic rings. The van der Waals surface area contributed by atoms with Crippen LogP contribution in [-0.4, -0.2) is 27.5 Å². The Morgan fingerprint density at radius 1 is 1.30 bits per heavy atom. The third-order valence-electron chi connectivity index (χ3n) is 3.41. The predicted molar refractivity (Wildman–Crippen MR) is 95.5 cm³/mol. The maximum absolute atomic E-state index is 12.6. The number of thioether (sulfide) groups is 1. The van der Waals surface area contributed by atoms with E-state index in [0.29, 0.717) is 16.6 Å². The van der Waals surface area contributed by atoms with Gasteiger partial charge in [0.15, 0.2) is 5.17 Å². The van der Waals surface area contributed by atoms with Gasteiger partial charge in [-0.1, -0.05) is 29.8 Å². The van der Waals surface area contributed by atoms with E-state index in [1.165, 1.54) is 17.3 Å². The zero-order valence-corrected chi connectivity index (χ0v) is 13.9. The minimum Gasteiger partial charge on any atom is -0.287 e. The van der Waals surface area contributed by atoms with Gasteiger partial charge < -0.3 is 0 Å². The molecule has 0 bridgehead atoms. The minimum atomic E-state index is 0.00152. The van der Waals surface area contributed by atoms with E-state index < -0.39 is 0 Å². The van der Waals surface area contributed by atoms with E-state index >= 15 is 0 Å². The lowest BCUT2D eigenvalue weighted by molar-refractivity contribution is -0.122. The van der Waals surface area contributed by atoms with Crippen molar-refractivity contribution >= 4 is 34.6 Å². The van der Waals surface area contributed by atoms with Crippen molar-refractivity contribution in [3.8, 4) is 0 Å². The van der Waals surface area contributed by atoms with Gasteiger partial charge in [0.1, 0.15) is 0 Å². The first kappa shape index (κ1) is 15.5. The first-order valence-electron chi connectivity index (χ1n) is 7.44. The van der Waals surface area contributed by atoms with Gasteiger partial charge >= 0.3 is 0 Å². The molecule has 4 nitrogen and oxygen atoms in total. The molecule has 1 aliphatic rings. The molecule has 5 heteroatoms. The Hall–Kier alpha value is -2.40. The summed E-state index contributed by atoms with van der Waals surface area (Å²) in [7, 11) is 0. The van der Waals surface area contributed by atoms with Crippen LogP contribution in [0.5, 0.6) is 0 Å². The first-order chi connectivity index (χ1) is 11.2. The molecule has 0 atom stereocenters. The van der Waals surface area contributed by atoms with Crippen LogP contribution < -0.4 is 0 Å². The molecule has 0 saturated carbocycles. The first-order valence-corrected chi connectivity index (χ1v) is 8.26. The number of likely N-dealkylation sites (N-methyl/N-ethyl adjacent to an activating group) is 1. The lowest BCUT2D eigenvalue weighted by Gasteiger charge is -2.11. The Labute approximate surface area is 140 Å². The molecular weight excluding hydrogens is 306 g/mol. The number of aliphatic imine (C=N–C) groups is 1. The zero-order chi connectivity index (χ0) is 16.2. The molecule has 0 unspecified atom stereocenters. The standard InChI is InChI=1S/C18H17N3OS/c1-3-21-17(22)16(11-14-7-4-6-13(2)10-14)23-18(21)20-15-8-5-9-19-12-15/h4-12H,3H2,1-2H3/b16-11-,20-18?. The summed E-state index contributed by atoms with van der Waals surface area (Å²) in [4.78, 5) is 23.6. The van der Waals surface area contributed by atoms with Crippen LogP contribution in [0, 0.1) is 6.92 Å². The van der Waals surface area contributed by atoms with Crippen LogP contribution >= 0.6 is 11.8 Å². The summed E-state index contributed by atoms with van der Waals surface area (Å²) in [6.07, 6.45) is 5.32. The molecule has 1 aromatic heterocycles. The number of hydrogen-bond donors (Lipinski definition) is 0. The molecule has 0 radical (unpaired) electrons. The lowest BCUT2D eigenvalue weighted by Crippen LogP contribution is -2.28. The van der Waals surface area contributed by atoms with Gasteiger partial charge in [-0.05, 0) is 49.4 Å². The molecule has 1 fully saturated rings. The van der Waals surface area contributed by atoms with Crippen LogP contribution in [0.2, 0.25) is 0 Å². The van der Waals surface area contributed by atoms with Crippen LogP contribution in [0.1, 0.15) is 18.1 Å². The van der Waals surface area contributed by atoms with Gasteiger partial charge in [-0.15, -0.1) is 0 Å². The Kier molecular flexibility index (Phi) is 4.57. The van der Waals surface area contributed by atoms with Crippen molar-refractivity contribution < 1.29 is 4.79 Å². The molecule has 2 heterocycles. The van der Waals surface area contributed by atoms with E-state index in [1.54, 1.807) is 17.3 Å². The van der Waals surface area contributed by atoms with E-state index in [4.69, 9.17) is 0 Å². The number of aromatic nitrogens is 1. The van der Waals surface area contributed by atoms with Crippen LogP contribution in [0.3, 0.4) is 0 Å². The molecular formula is C18H17N3OS. The van der Waals surface area contributed by atoms with Crippen LogP contribution in [0.25, 0.3) is 6.08 Å². The highest BCUT2D eigenvalue weighted by atomic mass is 32.2. The SMILES string of the molecule is CCN1C(=O)/C(=C/c2cccc(C)c2)SC1=Nc1cccnc1. The van der Waals surface area contributed by atoms with Crippen molar-refractivity contribution in [3.63, 3.8) is 0 Å². The Bertz CT molecular complexity index is 784. The number of hydrogen-bond acceptors (Lipinski definition) is 4. The molecule has 0 N–H and O–H groups in total. The zero-order valence-electron chi connectivity index (χ0n) is 13.1. The summed E-state index contributed by atoms with van der Waals surface area (Å²) >= 11 is 1.41. The summed E-state index contributed by atoms with van der Waals surface area (Å²) in [6.45, 7) is 4.59. The molecule has 23 heavy (non-hydrogen) atoms. The van der Waals surface area contributed by atoms with Gasteiger partial charge in [0, 0.05) is 12.7 Å². The maximum atomic E-state index is 12.6. The summed E-state index contributed by atoms with van der Waals surface area (Å²) in [6, 6.07) is 11.8. The summed E-state index contributed by atoms with van der Waals surface area (Å²) in [5.74, 6) is 0.00152. The highest BCUT2D eigenvalue weighted by Crippen LogP contribution is 2.33. The van der Waals surface area contributed by atoms with Crippen molar-refractivity contribution in [1.82, 2.24) is 9.88 Å². The van der Waals surface area contributed by atoms with Crippen molar-refractivity contribution in [2.75, 3.05) is 6.54 Å². The van der Waals surface area contributed by atoms with E-state index in [0.717, 1.165) is 11.3 Å². The monoisotopic (exact) mass is 323 g/mol. The largest absolute Gasteiger partial charge is 0.287 e. The molecule has 1 aliphatic heterocycles. The fourth-order valence-electron chi connectivity index (χ4n) is 2.31. The Morgan fingerprint density at radius 3 is 2.87 bits per heavy atom. The number of aryl methyl sites for hydroxylation is 1. The second-order valence-electron chi connectivity index (χ2n) is 5.18. The van der Waals surface area contributed by atoms with Gasteiger partial charge in [0.05, 0.1) is 16.8 Å². The van der Waals surface area contributed by atoms with E-state index in [9.17, 15) is 4.79 Å². The predicted octanol–water partition coefficient (Wildman–Crippen LogP) is 4.01. The third kappa shape index (κ3) is 3.51. The van der Waals surface area contributed by atoms with Crippen molar-refractivity contribution in [1.29, 1.82) is 0 Å². The molecule has 1 saturated heterocycles. The van der Waals surface area contributed by atoms with E-state index in [1.807, 2.05) is 50.3 Å². The van der Waals surface area contributed by atoms with Crippen LogP contribution in [-0.2, 0) is 4.79 Å². The van der Waals surface area contributed by atoms with Gasteiger partial charge in [0.2, 0.25) is 0 Å². The third-order valence-corrected chi connectivity index (χ3v) is 4.42. The van der Waals surface area contributed by atoms with Crippen LogP contribution in [0.4, 0.5) is 5.69 Å². The Morgan fingerprint density at radius 2 is 2.17 bits per heavy atom. The summed E-state index contributed by atoms with van der Waals surface area (Å²) < 4.78 is 0. The molecule has 1 amide bonds. The van der Waals surface area contributed by atoms with Crippen LogP contribution in [0.15, 0.2) is 58.7 Å². The summed E-state index contributed by atoms with van der Waals surface area (Å²) in [5.41, 5.74) is 2.95. The number of rotatable bonds is 3. The molecule has 116 valence electrons. The fraction of sp³-hybridized carbons (Fsp3) is 0.167. The number of carbonyl (C=O) groups is 1. The highest BCUT2D eigenvalue weighted by Gasteiger charge is 2.32.